The number of carbonyl (C=O) groups is 2. The van der Waals surface area contributed by atoms with Crippen LogP contribution in [0.25, 0.3) is 10.1 Å². The molecule has 0 saturated carbocycles. The van der Waals surface area contributed by atoms with Crippen LogP contribution in [0.1, 0.15) is 39.8 Å². The molecule has 0 atom stereocenters. The minimum atomic E-state index is -0.807. The van der Waals surface area contributed by atoms with Gasteiger partial charge in [-0.25, -0.2) is 9.38 Å². The molecule has 1 fully saturated rings. The van der Waals surface area contributed by atoms with Crippen molar-refractivity contribution in [2.75, 3.05) is 18.4 Å². The number of aliphatic imine (C=N–C) groups is 1. The van der Waals surface area contributed by atoms with Gasteiger partial charge < -0.3 is 21.6 Å². The number of aromatic nitrogens is 2. The Morgan fingerprint density at radius 3 is 2.66 bits per heavy atom. The molecule has 212 valence electrons. The highest BCUT2D eigenvalue weighted by Gasteiger charge is 2.36. The minimum Gasteiger partial charge on any atom is -0.388 e. The molecule has 2 aromatic heterocycles. The Balaban J connectivity index is 1.33. The van der Waals surface area contributed by atoms with Crippen molar-refractivity contribution in [3.05, 3.63) is 76.0 Å². The Bertz CT molecular complexity index is 1680. The lowest BCUT2D eigenvalue weighted by Gasteiger charge is -2.44. The summed E-state index contributed by atoms with van der Waals surface area (Å²) in [5.41, 5.74) is 6.30. The first kappa shape index (κ1) is 28.3. The number of aliphatic hydroxyl groups is 1. The summed E-state index contributed by atoms with van der Waals surface area (Å²) < 4.78 is 17.4. The van der Waals surface area contributed by atoms with Gasteiger partial charge in [-0.3, -0.25) is 19.2 Å². The number of likely N-dealkylation sites (tertiary alicyclic amines) is 1. The Hall–Kier alpha value is -4.26. The number of amides is 2. The Labute approximate surface area is 239 Å². The SMILES string of the molecule is Cc1c(C(=N)CC(=Nc2cc(CN3CC(C)(O)C3)n(C)n2)C(N)=O)ccc(F)c1NC(=O)c1cc2ccccc2s1. The van der Waals surface area contributed by atoms with Crippen molar-refractivity contribution in [1.82, 2.24) is 14.7 Å². The summed E-state index contributed by atoms with van der Waals surface area (Å²) in [4.78, 5) is 32.0. The molecule has 1 aliphatic rings. The van der Waals surface area contributed by atoms with Crippen LogP contribution in [0.2, 0.25) is 0 Å². The molecule has 4 aromatic rings. The van der Waals surface area contributed by atoms with E-state index >= 15 is 0 Å². The van der Waals surface area contributed by atoms with E-state index in [9.17, 15) is 19.1 Å². The molecule has 1 saturated heterocycles. The number of β-amino-alcohol motifs (C(OH)–C–C–N with tert-alkyl or cyclic N) is 1. The van der Waals surface area contributed by atoms with E-state index in [4.69, 9.17) is 11.1 Å². The number of rotatable bonds is 9. The first-order valence-corrected chi connectivity index (χ1v) is 13.7. The van der Waals surface area contributed by atoms with Crippen LogP contribution >= 0.6 is 11.3 Å². The van der Waals surface area contributed by atoms with Gasteiger partial charge in [0.1, 0.15) is 11.5 Å². The molecule has 41 heavy (non-hydrogen) atoms. The van der Waals surface area contributed by atoms with Gasteiger partial charge in [0.25, 0.3) is 11.8 Å². The molecule has 5 N–H and O–H groups in total. The largest absolute Gasteiger partial charge is 0.388 e. The average Bonchev–Trinajstić information content (AvgIpc) is 3.48. The maximum absolute atomic E-state index is 14.8. The zero-order chi connectivity index (χ0) is 29.5. The van der Waals surface area contributed by atoms with E-state index in [0.717, 1.165) is 15.8 Å². The summed E-state index contributed by atoms with van der Waals surface area (Å²) >= 11 is 1.30. The van der Waals surface area contributed by atoms with Gasteiger partial charge in [0.2, 0.25) is 0 Å². The van der Waals surface area contributed by atoms with Gasteiger partial charge in [0, 0.05) is 55.1 Å². The molecule has 2 aromatic carbocycles. The van der Waals surface area contributed by atoms with Gasteiger partial charge in [-0.2, -0.15) is 5.10 Å². The fraction of sp³-hybridized carbons (Fsp3) is 0.276. The Morgan fingerprint density at radius 1 is 1.24 bits per heavy atom. The van der Waals surface area contributed by atoms with Crippen LogP contribution in [-0.2, 0) is 18.4 Å². The van der Waals surface area contributed by atoms with Gasteiger partial charge >= 0.3 is 0 Å². The topological polar surface area (TPSA) is 150 Å². The average molecular weight is 576 g/mol. The van der Waals surface area contributed by atoms with Gasteiger partial charge in [0.15, 0.2) is 5.82 Å². The number of carbonyl (C=O) groups excluding carboxylic acids is 2. The van der Waals surface area contributed by atoms with Gasteiger partial charge in [0.05, 0.1) is 21.9 Å². The van der Waals surface area contributed by atoms with E-state index in [1.165, 1.54) is 23.5 Å². The molecule has 3 heterocycles. The number of anilines is 1. The maximum atomic E-state index is 14.8. The summed E-state index contributed by atoms with van der Waals surface area (Å²) in [7, 11) is 1.76. The quantitative estimate of drug-likeness (QED) is 0.223. The molecule has 10 nitrogen and oxygen atoms in total. The predicted octanol–water partition coefficient (Wildman–Crippen LogP) is 3.92. The van der Waals surface area contributed by atoms with Crippen molar-refractivity contribution in [3.63, 3.8) is 0 Å². The fourth-order valence-electron chi connectivity index (χ4n) is 4.96. The van der Waals surface area contributed by atoms with Crippen molar-refractivity contribution in [3.8, 4) is 0 Å². The van der Waals surface area contributed by atoms with Crippen molar-refractivity contribution in [2.45, 2.75) is 32.4 Å². The first-order valence-electron chi connectivity index (χ1n) is 12.9. The van der Waals surface area contributed by atoms with E-state index in [1.807, 2.05) is 24.3 Å². The second kappa shape index (κ2) is 11.0. The zero-order valence-corrected chi connectivity index (χ0v) is 23.7. The second-order valence-corrected chi connectivity index (χ2v) is 11.6. The Morgan fingerprint density at radius 2 is 1.98 bits per heavy atom. The molecule has 12 heteroatoms. The molecule has 2 amide bonds. The van der Waals surface area contributed by atoms with Gasteiger partial charge in [-0.1, -0.05) is 18.2 Å². The number of hydrogen-bond donors (Lipinski definition) is 4. The number of fused-ring (bicyclic) bond motifs is 1. The summed E-state index contributed by atoms with van der Waals surface area (Å²) in [6.07, 6.45) is -0.216. The van der Waals surface area contributed by atoms with Crippen LogP contribution < -0.4 is 11.1 Å². The molecule has 0 bridgehead atoms. The summed E-state index contributed by atoms with van der Waals surface area (Å²) in [5, 5.41) is 26.6. The molecule has 5 rings (SSSR count). The Kier molecular flexibility index (Phi) is 7.56. The molecular formula is C29H30FN7O3S. The lowest BCUT2D eigenvalue weighted by atomic mass is 9.97. The zero-order valence-electron chi connectivity index (χ0n) is 22.9. The van der Waals surface area contributed by atoms with Gasteiger partial charge in [-0.05, 0) is 49.1 Å². The fourth-order valence-corrected chi connectivity index (χ4v) is 5.92. The molecule has 0 aliphatic carbocycles. The summed E-state index contributed by atoms with van der Waals surface area (Å²) in [5.74, 6) is -1.63. The number of aryl methyl sites for hydroxylation is 1. The van der Waals surface area contributed by atoms with E-state index in [1.54, 1.807) is 37.7 Å². The number of hydrogen-bond acceptors (Lipinski definition) is 8. The minimum absolute atomic E-state index is 0.0172. The van der Waals surface area contributed by atoms with Crippen molar-refractivity contribution in [2.24, 2.45) is 17.8 Å². The molecule has 0 unspecified atom stereocenters. The van der Waals surface area contributed by atoms with Gasteiger partial charge in [-0.15, -0.1) is 11.3 Å². The lowest BCUT2D eigenvalue weighted by molar-refractivity contribution is -0.112. The van der Waals surface area contributed by atoms with Crippen molar-refractivity contribution < 1.29 is 19.1 Å². The predicted molar refractivity (Wildman–Crippen MR) is 158 cm³/mol. The van der Waals surface area contributed by atoms with Crippen LogP contribution in [0, 0.1) is 18.2 Å². The van der Waals surface area contributed by atoms with E-state index in [0.29, 0.717) is 35.6 Å². The summed E-state index contributed by atoms with van der Waals surface area (Å²) in [6.45, 7) is 5.03. The highest BCUT2D eigenvalue weighted by atomic mass is 32.1. The summed E-state index contributed by atoms with van der Waals surface area (Å²) in [6, 6.07) is 13.7. The van der Waals surface area contributed by atoms with Crippen LogP contribution in [0.5, 0.6) is 0 Å². The molecular weight excluding hydrogens is 545 g/mol. The van der Waals surface area contributed by atoms with Crippen LogP contribution in [0.3, 0.4) is 0 Å². The van der Waals surface area contributed by atoms with Crippen molar-refractivity contribution >= 4 is 56.2 Å². The first-order chi connectivity index (χ1) is 19.4. The number of nitrogens with two attached hydrogens (primary N) is 1. The number of halogens is 1. The lowest BCUT2D eigenvalue weighted by Crippen LogP contribution is -2.59. The van der Waals surface area contributed by atoms with Crippen LogP contribution in [0.4, 0.5) is 15.9 Å². The molecule has 0 radical (unpaired) electrons. The highest BCUT2D eigenvalue weighted by Crippen LogP contribution is 2.29. The smallest absolute Gasteiger partial charge is 0.265 e. The van der Waals surface area contributed by atoms with Crippen molar-refractivity contribution in [1.29, 1.82) is 5.41 Å². The second-order valence-electron chi connectivity index (χ2n) is 10.5. The number of primary amides is 1. The highest BCUT2D eigenvalue weighted by molar-refractivity contribution is 7.20. The van der Waals surface area contributed by atoms with Crippen LogP contribution in [-0.4, -0.2) is 61.7 Å². The van der Waals surface area contributed by atoms with E-state index in [2.05, 4.69) is 20.3 Å². The third-order valence-electron chi connectivity index (χ3n) is 6.98. The monoisotopic (exact) mass is 575 g/mol. The maximum Gasteiger partial charge on any atom is 0.265 e. The number of benzene rings is 2. The van der Waals surface area contributed by atoms with E-state index < -0.39 is 23.2 Å². The van der Waals surface area contributed by atoms with Crippen LogP contribution in [0.15, 0.2) is 53.5 Å². The third-order valence-corrected chi connectivity index (χ3v) is 8.10. The number of nitrogens with one attached hydrogen (secondary N) is 2. The van der Waals surface area contributed by atoms with E-state index in [-0.39, 0.29) is 29.3 Å². The molecule has 0 spiro atoms. The number of nitrogens with zero attached hydrogens (tertiary/aromatic N) is 4. The normalized spacial score (nSPS) is 15.1. The third kappa shape index (κ3) is 6.09. The molecule has 1 aliphatic heterocycles. The standard InChI is InChI=1S/C29H30FN7O3S/c1-16-19(8-9-20(30)26(16)34-28(39)24-10-17-6-4-5-7-23(17)41-24)21(31)12-22(27(32)38)33-25-11-18(36(3)35-25)13-37-14-29(2,40)15-37/h4-11,31,40H,12-15H2,1-3H3,(H2,32,38)(H,34,39). The number of thiophene rings is 1.